The number of carboxylic acids is 1. The van der Waals surface area contributed by atoms with Gasteiger partial charge >= 0.3 is 12.1 Å². The number of methoxy groups -OCH3 is 1. The van der Waals surface area contributed by atoms with Crippen LogP contribution in [0, 0.1) is 0 Å². The first kappa shape index (κ1) is 11.5. The van der Waals surface area contributed by atoms with E-state index in [0.717, 1.165) is 5.57 Å². The Morgan fingerprint density at radius 2 is 2.00 bits per heavy atom. The summed E-state index contributed by atoms with van der Waals surface area (Å²) in [5, 5.41) is 10.8. The second-order valence-corrected chi connectivity index (χ2v) is 2.70. The van der Waals surface area contributed by atoms with Gasteiger partial charge in [-0.15, -0.1) is 0 Å². The zero-order valence-electron chi connectivity index (χ0n) is 7.83. The number of carboxylic acid groups (broad SMARTS) is 1. The van der Waals surface area contributed by atoms with Gasteiger partial charge in [0.05, 0.1) is 7.11 Å². The van der Waals surface area contributed by atoms with Crippen LogP contribution in [-0.2, 0) is 9.53 Å². The third-order valence-corrected chi connectivity index (χ3v) is 1.22. The zero-order valence-corrected chi connectivity index (χ0v) is 7.83. The number of hydrogen-bond donors (Lipinski definition) is 2. The molecule has 0 radical (unpaired) electrons. The summed E-state index contributed by atoms with van der Waals surface area (Å²) in [6, 6.07) is -1.03. The van der Waals surface area contributed by atoms with E-state index in [9.17, 15) is 9.59 Å². The van der Waals surface area contributed by atoms with Crippen LogP contribution in [0.5, 0.6) is 0 Å². The molecule has 0 rings (SSSR count). The van der Waals surface area contributed by atoms with Gasteiger partial charge in [-0.05, 0) is 13.8 Å². The van der Waals surface area contributed by atoms with Crippen molar-refractivity contribution in [3.05, 3.63) is 11.6 Å². The molecule has 74 valence electrons. The summed E-state index contributed by atoms with van der Waals surface area (Å²) in [5.41, 5.74) is 0.809. The van der Waals surface area contributed by atoms with E-state index in [2.05, 4.69) is 10.1 Å². The number of rotatable bonds is 3. The highest BCUT2D eigenvalue weighted by Crippen LogP contribution is 1.95. The average Bonchev–Trinajstić information content (AvgIpc) is 2.02. The summed E-state index contributed by atoms with van der Waals surface area (Å²) < 4.78 is 4.27. The summed E-state index contributed by atoms with van der Waals surface area (Å²) in [4.78, 5) is 21.3. The maximum atomic E-state index is 10.7. The SMILES string of the molecule is COC(=O)N[C@@H](C=C(C)C)C(=O)O. The summed E-state index contributed by atoms with van der Waals surface area (Å²) >= 11 is 0. The minimum atomic E-state index is -1.12. The lowest BCUT2D eigenvalue weighted by atomic mass is 10.2. The maximum Gasteiger partial charge on any atom is 0.407 e. The van der Waals surface area contributed by atoms with Crippen molar-refractivity contribution < 1.29 is 19.4 Å². The van der Waals surface area contributed by atoms with Crippen LogP contribution in [-0.4, -0.2) is 30.3 Å². The first-order valence-corrected chi connectivity index (χ1v) is 3.69. The van der Waals surface area contributed by atoms with Crippen molar-refractivity contribution in [2.45, 2.75) is 19.9 Å². The Morgan fingerprint density at radius 3 is 2.31 bits per heavy atom. The number of allylic oxidation sites excluding steroid dienone is 1. The van der Waals surface area contributed by atoms with E-state index in [1.807, 2.05) is 0 Å². The predicted octanol–water partition coefficient (Wildman–Crippen LogP) is 0.762. The van der Waals surface area contributed by atoms with Crippen molar-refractivity contribution in [2.24, 2.45) is 0 Å². The highest BCUT2D eigenvalue weighted by atomic mass is 16.5. The van der Waals surface area contributed by atoms with Gasteiger partial charge in [-0.1, -0.05) is 11.6 Å². The van der Waals surface area contributed by atoms with Crippen molar-refractivity contribution in [1.29, 1.82) is 0 Å². The summed E-state index contributed by atoms with van der Waals surface area (Å²) in [5.74, 6) is -1.12. The van der Waals surface area contributed by atoms with Gasteiger partial charge in [0, 0.05) is 0 Å². The van der Waals surface area contributed by atoms with Crippen LogP contribution in [0.1, 0.15) is 13.8 Å². The van der Waals surface area contributed by atoms with E-state index < -0.39 is 18.1 Å². The van der Waals surface area contributed by atoms with E-state index in [-0.39, 0.29) is 0 Å². The molecule has 5 nitrogen and oxygen atoms in total. The summed E-state index contributed by atoms with van der Waals surface area (Å²) in [6.45, 7) is 3.49. The number of aliphatic carboxylic acids is 1. The molecule has 0 fully saturated rings. The van der Waals surface area contributed by atoms with Gasteiger partial charge in [0.25, 0.3) is 0 Å². The molecule has 0 aliphatic rings. The largest absolute Gasteiger partial charge is 0.479 e. The molecule has 0 saturated carbocycles. The Balaban J connectivity index is 4.36. The third kappa shape index (κ3) is 4.84. The number of nitrogens with one attached hydrogen (secondary N) is 1. The number of alkyl carbamates (subject to hydrolysis) is 1. The lowest BCUT2D eigenvalue weighted by Crippen LogP contribution is -2.39. The van der Waals surface area contributed by atoms with Gasteiger partial charge < -0.3 is 15.2 Å². The Hall–Kier alpha value is -1.52. The second-order valence-electron chi connectivity index (χ2n) is 2.70. The molecule has 0 aromatic rings. The fourth-order valence-corrected chi connectivity index (χ4v) is 0.694. The van der Waals surface area contributed by atoms with Crippen LogP contribution in [0.3, 0.4) is 0 Å². The Bertz CT molecular complexity index is 230. The highest BCUT2D eigenvalue weighted by Gasteiger charge is 2.16. The fourth-order valence-electron chi connectivity index (χ4n) is 0.694. The average molecular weight is 187 g/mol. The van der Waals surface area contributed by atoms with Gasteiger partial charge in [-0.25, -0.2) is 9.59 Å². The van der Waals surface area contributed by atoms with E-state index >= 15 is 0 Å². The van der Waals surface area contributed by atoms with Gasteiger partial charge in [0.15, 0.2) is 0 Å². The first-order valence-electron chi connectivity index (χ1n) is 3.69. The molecule has 0 saturated heterocycles. The quantitative estimate of drug-likeness (QED) is 0.639. The second kappa shape index (κ2) is 5.18. The maximum absolute atomic E-state index is 10.7. The molecular weight excluding hydrogens is 174 g/mol. The lowest BCUT2D eigenvalue weighted by Gasteiger charge is -2.09. The molecule has 0 aromatic carbocycles. The molecule has 0 aromatic heterocycles. The third-order valence-electron chi connectivity index (χ3n) is 1.22. The number of amides is 1. The van der Waals surface area contributed by atoms with E-state index in [0.29, 0.717) is 0 Å². The lowest BCUT2D eigenvalue weighted by molar-refractivity contribution is -0.138. The molecule has 0 heterocycles. The van der Waals surface area contributed by atoms with Crippen LogP contribution >= 0.6 is 0 Å². The van der Waals surface area contributed by atoms with Crippen LogP contribution in [0.15, 0.2) is 11.6 Å². The minimum Gasteiger partial charge on any atom is -0.479 e. The first-order chi connectivity index (χ1) is 5.97. The number of carbonyl (C=O) groups is 2. The minimum absolute atomic E-state index is 0.759. The predicted molar refractivity (Wildman–Crippen MR) is 46.4 cm³/mol. The fraction of sp³-hybridized carbons (Fsp3) is 0.500. The van der Waals surface area contributed by atoms with Crippen LogP contribution in [0.4, 0.5) is 4.79 Å². The van der Waals surface area contributed by atoms with Gasteiger partial charge in [-0.3, -0.25) is 0 Å². The van der Waals surface area contributed by atoms with Gasteiger partial charge in [0.1, 0.15) is 6.04 Å². The van der Waals surface area contributed by atoms with Crippen LogP contribution in [0.2, 0.25) is 0 Å². The molecule has 0 bridgehead atoms. The summed E-state index contributed by atoms with van der Waals surface area (Å²) in [7, 11) is 1.18. The highest BCUT2D eigenvalue weighted by molar-refractivity contribution is 5.81. The Kier molecular flexibility index (Phi) is 4.58. The molecule has 2 N–H and O–H groups in total. The van der Waals surface area contributed by atoms with Crippen molar-refractivity contribution >= 4 is 12.1 Å². The molecule has 13 heavy (non-hydrogen) atoms. The zero-order chi connectivity index (χ0) is 10.4. The van der Waals surface area contributed by atoms with Crippen LogP contribution < -0.4 is 5.32 Å². The number of carbonyl (C=O) groups excluding carboxylic acids is 1. The van der Waals surface area contributed by atoms with Crippen molar-refractivity contribution in [1.82, 2.24) is 5.32 Å². The van der Waals surface area contributed by atoms with E-state index in [1.165, 1.54) is 13.2 Å². The molecular formula is C8H13NO4. The number of hydrogen-bond acceptors (Lipinski definition) is 3. The van der Waals surface area contributed by atoms with Crippen molar-refractivity contribution in [2.75, 3.05) is 7.11 Å². The molecule has 0 aliphatic heterocycles. The Morgan fingerprint density at radius 1 is 1.46 bits per heavy atom. The van der Waals surface area contributed by atoms with E-state index in [1.54, 1.807) is 13.8 Å². The van der Waals surface area contributed by atoms with Crippen LogP contribution in [0.25, 0.3) is 0 Å². The standard InChI is InChI=1S/C8H13NO4/c1-5(2)4-6(7(10)11)9-8(12)13-3/h4,6H,1-3H3,(H,9,12)(H,10,11)/t6-/m0/s1. The molecule has 0 aliphatic carbocycles. The smallest absolute Gasteiger partial charge is 0.407 e. The molecule has 5 heteroatoms. The number of ether oxygens (including phenoxy) is 1. The molecule has 1 atom stereocenters. The molecule has 0 unspecified atom stereocenters. The van der Waals surface area contributed by atoms with Crippen molar-refractivity contribution in [3.8, 4) is 0 Å². The molecule has 0 spiro atoms. The monoisotopic (exact) mass is 187 g/mol. The van der Waals surface area contributed by atoms with E-state index in [4.69, 9.17) is 5.11 Å². The topological polar surface area (TPSA) is 75.6 Å². The van der Waals surface area contributed by atoms with Gasteiger partial charge in [0.2, 0.25) is 0 Å². The Labute approximate surface area is 76.4 Å². The van der Waals surface area contributed by atoms with Gasteiger partial charge in [-0.2, -0.15) is 0 Å². The van der Waals surface area contributed by atoms with Crippen molar-refractivity contribution in [3.63, 3.8) is 0 Å². The summed E-state index contributed by atoms with van der Waals surface area (Å²) in [6.07, 6.45) is 0.670. The molecule has 1 amide bonds. The normalized spacial score (nSPS) is 11.3.